The number of hydrogen-bond acceptors (Lipinski definition) is 5. The number of rotatable bonds is 3. The van der Waals surface area contributed by atoms with E-state index in [0.29, 0.717) is 24.5 Å². The van der Waals surface area contributed by atoms with Gasteiger partial charge in [-0.25, -0.2) is 4.98 Å². The molecule has 76 valence electrons. The molecule has 5 nitrogen and oxygen atoms in total. The Balaban J connectivity index is 2.24. The van der Waals surface area contributed by atoms with Gasteiger partial charge in [0.25, 0.3) is 0 Å². The third-order valence-corrected chi connectivity index (χ3v) is 1.90. The molecule has 0 saturated heterocycles. The van der Waals surface area contributed by atoms with Crippen LogP contribution in [0.3, 0.4) is 0 Å². The van der Waals surface area contributed by atoms with Crippen LogP contribution in [0.2, 0.25) is 0 Å². The highest BCUT2D eigenvalue weighted by molar-refractivity contribution is 5.51. The SMILES string of the molecule is NCCc1ncc(-c2ccccn2)nn1. The first kappa shape index (κ1) is 9.67. The van der Waals surface area contributed by atoms with Gasteiger partial charge in [0.15, 0.2) is 5.82 Å². The molecule has 2 heterocycles. The number of aromatic nitrogens is 4. The molecule has 0 spiro atoms. The Morgan fingerprint density at radius 3 is 2.60 bits per heavy atom. The predicted molar refractivity (Wildman–Crippen MR) is 55.8 cm³/mol. The summed E-state index contributed by atoms with van der Waals surface area (Å²) in [5.41, 5.74) is 6.84. The molecule has 0 aliphatic rings. The number of nitrogens with two attached hydrogens (primary N) is 1. The van der Waals surface area contributed by atoms with Gasteiger partial charge in [-0.1, -0.05) is 6.07 Å². The van der Waals surface area contributed by atoms with Gasteiger partial charge in [-0.05, 0) is 18.7 Å². The quantitative estimate of drug-likeness (QED) is 0.779. The van der Waals surface area contributed by atoms with E-state index in [2.05, 4.69) is 20.2 Å². The molecule has 0 aliphatic heterocycles. The monoisotopic (exact) mass is 201 g/mol. The normalized spacial score (nSPS) is 10.2. The molecule has 2 aromatic rings. The Morgan fingerprint density at radius 1 is 1.07 bits per heavy atom. The van der Waals surface area contributed by atoms with Crippen molar-refractivity contribution >= 4 is 0 Å². The fraction of sp³-hybridized carbons (Fsp3) is 0.200. The van der Waals surface area contributed by atoms with Crippen LogP contribution in [0.25, 0.3) is 11.4 Å². The van der Waals surface area contributed by atoms with Gasteiger partial charge in [0.05, 0.1) is 11.9 Å². The lowest BCUT2D eigenvalue weighted by molar-refractivity contribution is 0.811. The zero-order valence-corrected chi connectivity index (χ0v) is 8.17. The highest BCUT2D eigenvalue weighted by Crippen LogP contribution is 2.09. The highest BCUT2D eigenvalue weighted by Gasteiger charge is 2.01. The van der Waals surface area contributed by atoms with Crippen LogP contribution in [0.5, 0.6) is 0 Å². The van der Waals surface area contributed by atoms with E-state index in [4.69, 9.17) is 5.73 Å². The minimum Gasteiger partial charge on any atom is -0.330 e. The van der Waals surface area contributed by atoms with Crippen LogP contribution in [-0.4, -0.2) is 26.7 Å². The van der Waals surface area contributed by atoms with Gasteiger partial charge in [0, 0.05) is 12.6 Å². The number of hydrogen-bond donors (Lipinski definition) is 1. The van der Waals surface area contributed by atoms with Crippen molar-refractivity contribution in [1.82, 2.24) is 20.2 Å². The molecule has 0 aromatic carbocycles. The maximum atomic E-state index is 5.39. The zero-order chi connectivity index (χ0) is 10.5. The van der Waals surface area contributed by atoms with Crippen molar-refractivity contribution in [1.29, 1.82) is 0 Å². The molecule has 0 radical (unpaired) electrons. The van der Waals surface area contributed by atoms with Crippen molar-refractivity contribution in [2.75, 3.05) is 6.54 Å². The molecule has 0 aliphatic carbocycles. The molecule has 5 heteroatoms. The zero-order valence-electron chi connectivity index (χ0n) is 8.17. The lowest BCUT2D eigenvalue weighted by Crippen LogP contribution is -2.07. The Morgan fingerprint density at radius 2 is 2.00 bits per heavy atom. The molecule has 0 fully saturated rings. The van der Waals surface area contributed by atoms with Crippen LogP contribution in [0.4, 0.5) is 0 Å². The molecule has 2 aromatic heterocycles. The lowest BCUT2D eigenvalue weighted by atomic mass is 10.3. The van der Waals surface area contributed by atoms with Gasteiger partial charge < -0.3 is 5.73 Å². The van der Waals surface area contributed by atoms with Crippen molar-refractivity contribution < 1.29 is 0 Å². The number of pyridine rings is 1. The molecule has 0 unspecified atom stereocenters. The van der Waals surface area contributed by atoms with Gasteiger partial charge in [0.1, 0.15) is 5.69 Å². The Bertz CT molecular complexity index is 412. The summed E-state index contributed by atoms with van der Waals surface area (Å²) in [5.74, 6) is 0.664. The highest BCUT2D eigenvalue weighted by atomic mass is 15.2. The third-order valence-electron chi connectivity index (χ3n) is 1.90. The van der Waals surface area contributed by atoms with E-state index in [9.17, 15) is 0 Å². The molecule has 2 N–H and O–H groups in total. The van der Waals surface area contributed by atoms with E-state index in [1.807, 2.05) is 18.2 Å². The van der Waals surface area contributed by atoms with Crippen molar-refractivity contribution in [3.05, 3.63) is 36.4 Å². The molecule has 0 atom stereocenters. The van der Waals surface area contributed by atoms with E-state index >= 15 is 0 Å². The third kappa shape index (κ3) is 2.32. The van der Waals surface area contributed by atoms with Crippen LogP contribution in [0.1, 0.15) is 5.82 Å². The van der Waals surface area contributed by atoms with Gasteiger partial charge in [-0.15, -0.1) is 10.2 Å². The first-order valence-electron chi connectivity index (χ1n) is 4.70. The first-order chi connectivity index (χ1) is 7.40. The molecule has 0 bridgehead atoms. The van der Waals surface area contributed by atoms with Gasteiger partial charge in [0.2, 0.25) is 0 Å². The average Bonchev–Trinajstić information content (AvgIpc) is 2.32. The molecule has 0 amide bonds. The summed E-state index contributed by atoms with van der Waals surface area (Å²) in [5, 5.41) is 8.00. The number of nitrogens with zero attached hydrogens (tertiary/aromatic N) is 4. The van der Waals surface area contributed by atoms with Crippen molar-refractivity contribution in [2.45, 2.75) is 6.42 Å². The Kier molecular flexibility index (Phi) is 2.94. The maximum absolute atomic E-state index is 5.39. The van der Waals surface area contributed by atoms with E-state index < -0.39 is 0 Å². The van der Waals surface area contributed by atoms with Gasteiger partial charge in [-0.3, -0.25) is 4.98 Å². The molecular weight excluding hydrogens is 190 g/mol. The van der Waals surface area contributed by atoms with Crippen molar-refractivity contribution in [2.24, 2.45) is 5.73 Å². The van der Waals surface area contributed by atoms with Crippen LogP contribution in [-0.2, 0) is 6.42 Å². The molecule has 2 rings (SSSR count). The van der Waals surface area contributed by atoms with Gasteiger partial charge >= 0.3 is 0 Å². The standard InChI is InChI=1S/C10H11N5/c11-5-4-10-13-7-9(14-15-10)8-3-1-2-6-12-8/h1-3,6-7H,4-5,11H2. The summed E-state index contributed by atoms with van der Waals surface area (Å²) in [4.78, 5) is 8.31. The fourth-order valence-corrected chi connectivity index (χ4v) is 1.17. The van der Waals surface area contributed by atoms with Gasteiger partial charge in [-0.2, -0.15) is 0 Å². The summed E-state index contributed by atoms with van der Waals surface area (Å²) >= 11 is 0. The second kappa shape index (κ2) is 4.56. The van der Waals surface area contributed by atoms with Crippen molar-refractivity contribution in [3.8, 4) is 11.4 Å². The van der Waals surface area contributed by atoms with E-state index in [1.54, 1.807) is 12.4 Å². The first-order valence-corrected chi connectivity index (χ1v) is 4.70. The second-order valence-corrected chi connectivity index (χ2v) is 3.01. The summed E-state index contributed by atoms with van der Waals surface area (Å²) in [6, 6.07) is 5.62. The molecule has 0 saturated carbocycles. The predicted octanol–water partition coefficient (Wildman–Crippen LogP) is 0.435. The fourth-order valence-electron chi connectivity index (χ4n) is 1.17. The van der Waals surface area contributed by atoms with E-state index in [-0.39, 0.29) is 0 Å². The Hall–Kier alpha value is -1.88. The minimum atomic E-state index is 0.532. The molecule has 15 heavy (non-hydrogen) atoms. The average molecular weight is 201 g/mol. The maximum Gasteiger partial charge on any atom is 0.152 e. The Labute approximate surface area is 87.4 Å². The summed E-state index contributed by atoms with van der Waals surface area (Å²) < 4.78 is 0. The second-order valence-electron chi connectivity index (χ2n) is 3.01. The summed E-state index contributed by atoms with van der Waals surface area (Å²) in [6.07, 6.45) is 4.03. The van der Waals surface area contributed by atoms with Crippen LogP contribution < -0.4 is 5.73 Å². The lowest BCUT2D eigenvalue weighted by Gasteiger charge is -1.99. The van der Waals surface area contributed by atoms with Crippen LogP contribution in [0, 0.1) is 0 Å². The smallest absolute Gasteiger partial charge is 0.152 e. The largest absolute Gasteiger partial charge is 0.330 e. The van der Waals surface area contributed by atoms with Crippen LogP contribution >= 0.6 is 0 Å². The minimum absolute atomic E-state index is 0.532. The van der Waals surface area contributed by atoms with Crippen LogP contribution in [0.15, 0.2) is 30.6 Å². The van der Waals surface area contributed by atoms with E-state index in [0.717, 1.165) is 5.69 Å². The summed E-state index contributed by atoms with van der Waals surface area (Å²) in [7, 11) is 0. The van der Waals surface area contributed by atoms with Crippen molar-refractivity contribution in [3.63, 3.8) is 0 Å². The topological polar surface area (TPSA) is 77.6 Å². The summed E-state index contributed by atoms with van der Waals surface area (Å²) in [6.45, 7) is 0.532. The van der Waals surface area contributed by atoms with E-state index in [1.165, 1.54) is 0 Å². The molecular formula is C10H11N5.